The van der Waals surface area contributed by atoms with Crippen molar-refractivity contribution in [1.82, 2.24) is 39.6 Å². The van der Waals surface area contributed by atoms with Crippen molar-refractivity contribution in [2.24, 2.45) is 0 Å². The van der Waals surface area contributed by atoms with Crippen molar-refractivity contribution in [3.63, 3.8) is 0 Å². The van der Waals surface area contributed by atoms with Crippen LogP contribution in [0.2, 0.25) is 0 Å². The monoisotopic (exact) mass is 781 g/mol. The molecule has 0 unspecified atom stereocenters. The molecule has 4 atom stereocenters. The van der Waals surface area contributed by atoms with Gasteiger partial charge < -0.3 is 44.4 Å². The van der Waals surface area contributed by atoms with Gasteiger partial charge in [0.05, 0.1) is 31.3 Å². The summed E-state index contributed by atoms with van der Waals surface area (Å²) in [6.45, 7) is 8.45. The van der Waals surface area contributed by atoms with E-state index in [9.17, 15) is 14.4 Å². The van der Waals surface area contributed by atoms with Gasteiger partial charge in [0.25, 0.3) is 5.91 Å². The Balaban J connectivity index is 0.000000164. The highest BCUT2D eigenvalue weighted by atomic mass is 32.1. The molecule has 12 nitrogen and oxygen atoms in total. The third-order valence-electron chi connectivity index (χ3n) is 15.1. The summed E-state index contributed by atoms with van der Waals surface area (Å²) in [5, 5.41) is 5.38. The SMILES string of the molecule is CN1C(=O)N(C2CCN(C3CCNCC3)CC2)[C@H]2CCCC[C@@H]21.COc1ccsc1C(=O)N1CCC(N2CCC(N3C(=O)N(C)[C@H]4CCCC[C@@H]43)CC2)CC1. The fourth-order valence-electron chi connectivity index (χ4n) is 11.9. The minimum atomic E-state index is 0.104. The molecule has 6 aliphatic heterocycles. The Kier molecular flexibility index (Phi) is 12.5. The minimum Gasteiger partial charge on any atom is -0.495 e. The van der Waals surface area contributed by atoms with Gasteiger partial charge in [-0.15, -0.1) is 11.3 Å². The maximum Gasteiger partial charge on any atom is 0.320 e. The topological polar surface area (TPSA) is 95.1 Å². The lowest BCUT2D eigenvalue weighted by atomic mass is 9.88. The standard InChI is InChI=1S/C24H36N4O3S.C18H32N4O/c1-25-19-5-3-4-6-20(19)28(24(25)30)18-9-12-26(13-10-18)17-7-14-27(15-8-17)23(29)22-21(31-2)11-16-32-22;1-20-16-4-2-3-5-17(16)22(18(20)23)15-8-12-21(13-9-15)14-6-10-19-11-7-14/h11,16-20H,3-10,12-15H2,1-2H3;14-17,19H,2-13H2,1H3/t19-,20-;16-,17-/m00/s1. The van der Waals surface area contributed by atoms with Crippen LogP contribution in [0, 0.1) is 0 Å². The summed E-state index contributed by atoms with van der Waals surface area (Å²) >= 11 is 1.46. The first-order valence-corrected chi connectivity index (χ1v) is 22.9. The molecule has 6 saturated heterocycles. The average molecular weight is 781 g/mol. The molecule has 2 aliphatic carbocycles. The Morgan fingerprint density at radius 3 is 1.53 bits per heavy atom. The first kappa shape index (κ1) is 39.2. The quantitative estimate of drug-likeness (QED) is 0.414. The molecule has 306 valence electrons. The molecule has 1 aromatic heterocycles. The number of thiophene rings is 1. The summed E-state index contributed by atoms with van der Waals surface area (Å²) in [5.74, 6) is 0.791. The second-order valence-corrected chi connectivity index (χ2v) is 18.7. The number of fused-ring (bicyclic) bond motifs is 2. The number of likely N-dealkylation sites (tertiary alicyclic amines) is 3. The number of nitrogens with one attached hydrogen (secondary N) is 1. The minimum absolute atomic E-state index is 0.104. The number of nitrogens with zero attached hydrogens (tertiary/aromatic N) is 7. The van der Waals surface area contributed by atoms with Gasteiger partial charge in [-0.3, -0.25) is 4.79 Å². The molecule has 8 fully saturated rings. The number of piperidine rings is 4. The number of carbonyl (C=O) groups is 3. The van der Waals surface area contributed by atoms with Crippen LogP contribution in [0.3, 0.4) is 0 Å². The molecular formula is C42H68N8O4S. The van der Waals surface area contributed by atoms with Crippen LogP contribution in [0.4, 0.5) is 9.59 Å². The number of methoxy groups -OCH3 is 1. The van der Waals surface area contributed by atoms with Gasteiger partial charge in [-0.25, -0.2) is 9.59 Å². The first-order valence-electron chi connectivity index (χ1n) is 22.0. The number of ether oxygens (including phenoxy) is 1. The van der Waals surface area contributed by atoms with E-state index in [0.717, 1.165) is 64.3 Å². The van der Waals surface area contributed by atoms with Gasteiger partial charge in [0.15, 0.2) is 0 Å². The number of hydrogen-bond acceptors (Lipinski definition) is 8. The van der Waals surface area contributed by atoms with Crippen LogP contribution in [-0.4, -0.2) is 174 Å². The summed E-state index contributed by atoms with van der Waals surface area (Å²) in [4.78, 5) is 55.3. The molecule has 55 heavy (non-hydrogen) atoms. The number of carbonyl (C=O) groups excluding carboxylic acids is 3. The average Bonchev–Trinajstić information content (AvgIpc) is 3.90. The summed E-state index contributed by atoms with van der Waals surface area (Å²) < 4.78 is 5.34. The molecule has 0 radical (unpaired) electrons. The van der Waals surface area contributed by atoms with Crippen LogP contribution in [0.1, 0.15) is 112 Å². The Morgan fingerprint density at radius 2 is 1.05 bits per heavy atom. The second-order valence-electron chi connectivity index (χ2n) is 17.8. The van der Waals surface area contributed by atoms with Gasteiger partial charge in [-0.05, 0) is 102 Å². The Hall–Kier alpha value is -2.61. The van der Waals surface area contributed by atoms with Crippen LogP contribution >= 0.6 is 11.3 Å². The van der Waals surface area contributed by atoms with Crippen LogP contribution < -0.4 is 10.1 Å². The number of likely N-dealkylation sites (N-methyl/N-ethyl adjacent to an activating group) is 2. The van der Waals surface area contributed by atoms with Crippen molar-refractivity contribution in [2.45, 2.75) is 151 Å². The maximum absolute atomic E-state index is 13.0. The molecule has 2 saturated carbocycles. The van der Waals surface area contributed by atoms with Crippen LogP contribution in [0.5, 0.6) is 5.75 Å². The van der Waals surface area contributed by atoms with Gasteiger partial charge in [0.2, 0.25) is 0 Å². The van der Waals surface area contributed by atoms with Crippen molar-refractivity contribution in [3.05, 3.63) is 16.3 Å². The van der Waals surface area contributed by atoms with E-state index in [1.165, 1.54) is 108 Å². The van der Waals surface area contributed by atoms with Crippen molar-refractivity contribution in [1.29, 1.82) is 0 Å². The Labute approximate surface area is 333 Å². The summed E-state index contributed by atoms with van der Waals surface area (Å²) in [5.41, 5.74) is 0. The van der Waals surface area contributed by atoms with Crippen molar-refractivity contribution in [3.8, 4) is 5.75 Å². The third-order valence-corrected chi connectivity index (χ3v) is 15.9. The summed E-state index contributed by atoms with van der Waals surface area (Å²) in [7, 11) is 5.65. The predicted octanol–water partition coefficient (Wildman–Crippen LogP) is 5.39. The highest BCUT2D eigenvalue weighted by molar-refractivity contribution is 7.12. The lowest BCUT2D eigenvalue weighted by Crippen LogP contribution is -2.53. The number of hydrogen-bond donors (Lipinski definition) is 1. The molecule has 13 heteroatoms. The van der Waals surface area contributed by atoms with E-state index >= 15 is 0 Å². The number of rotatable bonds is 6. The van der Waals surface area contributed by atoms with E-state index in [1.54, 1.807) is 7.11 Å². The lowest BCUT2D eigenvalue weighted by molar-refractivity contribution is 0.0472. The highest BCUT2D eigenvalue weighted by Crippen LogP contribution is 2.39. The molecule has 0 spiro atoms. The smallest absolute Gasteiger partial charge is 0.320 e. The van der Waals surface area contributed by atoms with Crippen molar-refractivity contribution >= 4 is 29.3 Å². The largest absolute Gasteiger partial charge is 0.495 e. The van der Waals surface area contributed by atoms with Crippen molar-refractivity contribution in [2.75, 3.05) is 73.6 Å². The van der Waals surface area contributed by atoms with Gasteiger partial charge in [-0.2, -0.15) is 0 Å². The van der Waals surface area contributed by atoms with Crippen LogP contribution in [0.15, 0.2) is 11.4 Å². The van der Waals surface area contributed by atoms with Crippen molar-refractivity contribution < 1.29 is 19.1 Å². The molecule has 9 rings (SSSR count). The van der Waals surface area contributed by atoms with E-state index < -0.39 is 0 Å². The molecule has 1 N–H and O–H groups in total. The third kappa shape index (κ3) is 7.97. The van der Waals surface area contributed by atoms with Gasteiger partial charge in [0.1, 0.15) is 10.6 Å². The molecule has 1 aromatic rings. The van der Waals surface area contributed by atoms with Gasteiger partial charge in [0, 0.05) is 77.5 Å². The van der Waals surface area contributed by atoms with Gasteiger partial charge in [-0.1, -0.05) is 25.7 Å². The predicted molar refractivity (Wildman–Crippen MR) is 217 cm³/mol. The van der Waals surface area contributed by atoms with Crippen LogP contribution in [0.25, 0.3) is 0 Å². The fraction of sp³-hybridized carbons (Fsp3) is 0.833. The van der Waals surface area contributed by atoms with E-state index in [-0.39, 0.29) is 11.9 Å². The summed E-state index contributed by atoms with van der Waals surface area (Å²) in [6.07, 6.45) is 19.0. The maximum atomic E-state index is 13.0. The number of amides is 5. The first-order chi connectivity index (χ1) is 26.8. The molecular weight excluding hydrogens is 713 g/mol. The Bertz CT molecular complexity index is 1460. The Morgan fingerprint density at radius 1 is 0.618 bits per heavy atom. The normalized spacial score (nSPS) is 31.1. The van der Waals surface area contributed by atoms with E-state index in [4.69, 9.17) is 4.74 Å². The van der Waals surface area contributed by atoms with E-state index in [2.05, 4.69) is 24.9 Å². The molecule has 0 bridgehead atoms. The fourth-order valence-corrected chi connectivity index (χ4v) is 12.8. The lowest BCUT2D eigenvalue weighted by Gasteiger charge is -2.44. The molecule has 7 heterocycles. The number of urea groups is 2. The molecule has 0 aromatic carbocycles. The van der Waals surface area contributed by atoms with Crippen LogP contribution in [-0.2, 0) is 0 Å². The second kappa shape index (κ2) is 17.5. The van der Waals surface area contributed by atoms with Gasteiger partial charge >= 0.3 is 12.1 Å². The zero-order valence-electron chi connectivity index (χ0n) is 33.9. The molecule has 5 amide bonds. The zero-order chi connectivity index (χ0) is 38.1. The highest BCUT2D eigenvalue weighted by Gasteiger charge is 2.49. The summed E-state index contributed by atoms with van der Waals surface area (Å²) in [6, 6.07) is 6.47. The zero-order valence-corrected chi connectivity index (χ0v) is 34.7. The van der Waals surface area contributed by atoms with E-state index in [1.807, 2.05) is 40.2 Å². The molecule has 8 aliphatic rings. The van der Waals surface area contributed by atoms with E-state index in [0.29, 0.717) is 59.0 Å².